The van der Waals surface area contributed by atoms with Gasteiger partial charge < -0.3 is 4.74 Å². The predicted octanol–water partition coefficient (Wildman–Crippen LogP) is 11.8. The van der Waals surface area contributed by atoms with Crippen molar-refractivity contribution >= 4 is 21.5 Å². The van der Waals surface area contributed by atoms with Crippen LogP contribution in [-0.2, 0) is 5.41 Å². The number of fused-ring (bicyclic) bond motifs is 14. The van der Waals surface area contributed by atoms with Gasteiger partial charge in [0.15, 0.2) is 0 Å². The molecule has 0 radical (unpaired) electrons. The highest BCUT2D eigenvalue weighted by Crippen LogP contribution is 2.64. The average molecular weight is 583 g/mol. The van der Waals surface area contributed by atoms with Gasteiger partial charge in [-0.15, -0.1) is 0 Å². The fourth-order valence-corrected chi connectivity index (χ4v) is 8.85. The lowest BCUT2D eigenvalue weighted by Gasteiger charge is -2.30. The number of ether oxygens (including phenoxy) is 1. The van der Waals surface area contributed by atoms with E-state index < -0.39 is 0 Å². The first-order valence-corrected chi connectivity index (χ1v) is 16.0. The van der Waals surface area contributed by atoms with Gasteiger partial charge in [-0.3, -0.25) is 0 Å². The van der Waals surface area contributed by atoms with Gasteiger partial charge in [0.05, 0.1) is 5.41 Å². The molecular weight excluding hydrogens is 556 g/mol. The second-order valence-corrected chi connectivity index (χ2v) is 12.8. The van der Waals surface area contributed by atoms with Crippen molar-refractivity contribution in [1.29, 1.82) is 0 Å². The molecule has 1 spiro atoms. The maximum Gasteiger partial charge on any atom is 0.135 e. The molecule has 2 aliphatic carbocycles. The van der Waals surface area contributed by atoms with Crippen molar-refractivity contribution in [2.24, 2.45) is 0 Å². The van der Waals surface area contributed by atoms with Crippen LogP contribution in [0.2, 0.25) is 0 Å². The molecule has 1 nitrogen and oxygen atoms in total. The summed E-state index contributed by atoms with van der Waals surface area (Å²) >= 11 is 0. The second kappa shape index (κ2) is 8.62. The zero-order valence-corrected chi connectivity index (χ0v) is 24.9. The molecule has 212 valence electrons. The van der Waals surface area contributed by atoms with Crippen LogP contribution in [0.25, 0.3) is 66.1 Å². The highest BCUT2D eigenvalue weighted by atomic mass is 16.5. The molecule has 8 aromatic rings. The lowest BCUT2D eigenvalue weighted by atomic mass is 9.70. The lowest BCUT2D eigenvalue weighted by molar-refractivity contribution is 0.487. The van der Waals surface area contributed by atoms with Crippen molar-refractivity contribution in [3.63, 3.8) is 0 Å². The normalized spacial score (nSPS) is 16.1. The number of hydrogen-bond donors (Lipinski definition) is 0. The van der Waals surface area contributed by atoms with Gasteiger partial charge in [-0.25, -0.2) is 0 Å². The maximum atomic E-state index is 6.33. The van der Waals surface area contributed by atoms with Gasteiger partial charge in [0.25, 0.3) is 0 Å². The van der Waals surface area contributed by atoms with E-state index in [2.05, 4.69) is 152 Å². The SMILES string of the molecule is c1ccc2c(c1)Oc1cccc3cc(-c4ccc5c(c4)-c4ccccc4C54c5ccccc5-c5c4ccc4ccccc54)cc-2c13. The molecule has 0 saturated heterocycles. The molecule has 0 aromatic heterocycles. The summed E-state index contributed by atoms with van der Waals surface area (Å²) in [6.45, 7) is 0. The molecule has 1 heterocycles. The summed E-state index contributed by atoms with van der Waals surface area (Å²) in [6, 6.07) is 58.3. The topological polar surface area (TPSA) is 9.23 Å². The molecule has 0 amide bonds. The molecule has 8 aromatic carbocycles. The van der Waals surface area contributed by atoms with Crippen LogP contribution >= 0.6 is 0 Å². The van der Waals surface area contributed by atoms with Crippen molar-refractivity contribution in [2.75, 3.05) is 0 Å². The van der Waals surface area contributed by atoms with E-state index in [4.69, 9.17) is 4.74 Å². The summed E-state index contributed by atoms with van der Waals surface area (Å²) in [5.74, 6) is 1.84. The minimum absolute atomic E-state index is 0.360. The summed E-state index contributed by atoms with van der Waals surface area (Å²) in [6.07, 6.45) is 0. The molecule has 46 heavy (non-hydrogen) atoms. The highest BCUT2D eigenvalue weighted by molar-refractivity contribution is 6.08. The summed E-state index contributed by atoms with van der Waals surface area (Å²) in [7, 11) is 0. The number of hydrogen-bond acceptors (Lipinski definition) is 1. The first-order valence-electron chi connectivity index (χ1n) is 16.0. The summed E-state index contributed by atoms with van der Waals surface area (Å²) in [5, 5.41) is 4.98. The molecule has 0 bridgehead atoms. The molecule has 0 saturated carbocycles. The molecular formula is C45H26O. The Kier molecular flexibility index (Phi) is 4.57. The fraction of sp³-hybridized carbons (Fsp3) is 0.0222. The largest absolute Gasteiger partial charge is 0.456 e. The van der Waals surface area contributed by atoms with Gasteiger partial charge in [0.1, 0.15) is 11.5 Å². The third kappa shape index (κ3) is 2.91. The van der Waals surface area contributed by atoms with Crippen LogP contribution in [0.4, 0.5) is 0 Å². The molecule has 1 heteroatoms. The van der Waals surface area contributed by atoms with E-state index in [1.54, 1.807) is 0 Å². The third-order valence-electron chi connectivity index (χ3n) is 10.6. The predicted molar refractivity (Wildman–Crippen MR) is 189 cm³/mol. The molecule has 1 unspecified atom stereocenters. The number of benzene rings is 8. The van der Waals surface area contributed by atoms with Gasteiger partial charge in [-0.1, -0.05) is 127 Å². The summed E-state index contributed by atoms with van der Waals surface area (Å²) < 4.78 is 6.33. The van der Waals surface area contributed by atoms with Crippen LogP contribution in [0.15, 0.2) is 158 Å². The van der Waals surface area contributed by atoms with Crippen LogP contribution in [-0.4, -0.2) is 0 Å². The zero-order valence-electron chi connectivity index (χ0n) is 24.9. The van der Waals surface area contributed by atoms with E-state index in [-0.39, 0.29) is 5.41 Å². The van der Waals surface area contributed by atoms with E-state index in [1.165, 1.54) is 82.7 Å². The van der Waals surface area contributed by atoms with Crippen LogP contribution in [0, 0.1) is 0 Å². The van der Waals surface area contributed by atoms with E-state index in [0.717, 1.165) is 17.1 Å². The molecule has 3 aliphatic rings. The van der Waals surface area contributed by atoms with Gasteiger partial charge in [0, 0.05) is 10.9 Å². The Balaban J connectivity index is 1.19. The fourth-order valence-electron chi connectivity index (χ4n) is 8.85. The Morgan fingerprint density at radius 3 is 1.93 bits per heavy atom. The molecule has 0 N–H and O–H groups in total. The van der Waals surface area contributed by atoms with E-state index in [1.807, 2.05) is 6.07 Å². The molecule has 0 fully saturated rings. The average Bonchev–Trinajstić information content (AvgIpc) is 3.59. The maximum absolute atomic E-state index is 6.33. The minimum Gasteiger partial charge on any atom is -0.456 e. The van der Waals surface area contributed by atoms with Crippen molar-refractivity contribution in [1.82, 2.24) is 0 Å². The molecule has 1 atom stereocenters. The quantitative estimate of drug-likeness (QED) is 0.187. The Morgan fingerprint density at radius 1 is 0.370 bits per heavy atom. The Labute approximate surface area is 267 Å². The minimum atomic E-state index is -0.360. The van der Waals surface area contributed by atoms with Gasteiger partial charge in [0.2, 0.25) is 0 Å². The summed E-state index contributed by atoms with van der Waals surface area (Å²) in [4.78, 5) is 0. The third-order valence-corrected chi connectivity index (χ3v) is 10.6. The van der Waals surface area contributed by atoms with Gasteiger partial charge in [-0.2, -0.15) is 0 Å². The van der Waals surface area contributed by atoms with E-state index in [9.17, 15) is 0 Å². The molecule has 11 rings (SSSR count). The first kappa shape index (κ1) is 24.4. The van der Waals surface area contributed by atoms with Gasteiger partial charge in [-0.05, 0) is 108 Å². The van der Waals surface area contributed by atoms with Crippen molar-refractivity contribution in [3.8, 4) is 56.0 Å². The van der Waals surface area contributed by atoms with Crippen molar-refractivity contribution in [2.45, 2.75) is 5.41 Å². The smallest absolute Gasteiger partial charge is 0.135 e. The number of para-hydroxylation sites is 1. The van der Waals surface area contributed by atoms with E-state index in [0.29, 0.717) is 0 Å². The number of rotatable bonds is 1. The van der Waals surface area contributed by atoms with E-state index >= 15 is 0 Å². The van der Waals surface area contributed by atoms with Gasteiger partial charge >= 0.3 is 0 Å². The first-order chi connectivity index (χ1) is 22.8. The lowest BCUT2D eigenvalue weighted by Crippen LogP contribution is -2.25. The monoisotopic (exact) mass is 582 g/mol. The van der Waals surface area contributed by atoms with Crippen molar-refractivity contribution < 1.29 is 4.74 Å². The van der Waals surface area contributed by atoms with Crippen molar-refractivity contribution in [3.05, 3.63) is 180 Å². The van der Waals surface area contributed by atoms with Crippen LogP contribution < -0.4 is 4.74 Å². The second-order valence-electron chi connectivity index (χ2n) is 12.8. The Morgan fingerprint density at radius 2 is 1.02 bits per heavy atom. The zero-order chi connectivity index (χ0) is 30.0. The van der Waals surface area contributed by atoms with Crippen LogP contribution in [0.5, 0.6) is 11.5 Å². The Hall–Kier alpha value is -5.92. The Bertz CT molecular complexity index is 2630. The van der Waals surface area contributed by atoms with Crippen LogP contribution in [0.1, 0.15) is 22.3 Å². The molecule has 1 aliphatic heterocycles. The highest BCUT2D eigenvalue weighted by Gasteiger charge is 2.51. The summed E-state index contributed by atoms with van der Waals surface area (Å²) in [5.41, 5.74) is 15.3. The standard InChI is InChI=1S/C45H26O/c1-2-12-31-27(10-1)20-23-40-44(31)34-15-4-7-17-38(34)45(40)37-16-6-3-13-32(37)35-25-28(21-22-39(35)45)30-24-29-11-9-19-42-43(29)36(26-30)33-14-5-8-18-41(33)46-42/h1-26H. The van der Waals surface area contributed by atoms with Crippen LogP contribution in [0.3, 0.4) is 0 Å².